The lowest BCUT2D eigenvalue weighted by molar-refractivity contribution is -0.129. The standard InChI is InChI=1S/C22H22N4O2/c1-15-7-9-16(10-8-15)13-21(27)26(2)12-11-20-24-22(28-25-20)19-14-17-5-3-4-6-18(17)23-19/h3-10,14,23H,11-13H2,1-2H3. The first-order valence-electron chi connectivity index (χ1n) is 9.29. The first kappa shape index (κ1) is 18.0. The molecule has 4 rings (SSSR count). The fraction of sp³-hybridized carbons (Fsp3) is 0.227. The van der Waals surface area contributed by atoms with Crippen LogP contribution in [0.1, 0.15) is 17.0 Å². The largest absolute Gasteiger partial charge is 0.351 e. The Bertz CT molecular complexity index is 1060. The predicted octanol–water partition coefficient (Wildman–Crippen LogP) is 3.77. The molecule has 0 aliphatic rings. The zero-order chi connectivity index (χ0) is 19.5. The number of nitrogens with one attached hydrogen (secondary N) is 1. The molecule has 142 valence electrons. The zero-order valence-electron chi connectivity index (χ0n) is 16.0. The first-order valence-corrected chi connectivity index (χ1v) is 9.29. The summed E-state index contributed by atoms with van der Waals surface area (Å²) in [4.78, 5) is 21.8. The summed E-state index contributed by atoms with van der Waals surface area (Å²) in [7, 11) is 1.80. The van der Waals surface area contributed by atoms with E-state index >= 15 is 0 Å². The van der Waals surface area contributed by atoms with Gasteiger partial charge in [0.15, 0.2) is 5.82 Å². The number of aryl methyl sites for hydroxylation is 1. The maximum absolute atomic E-state index is 12.4. The van der Waals surface area contributed by atoms with Gasteiger partial charge in [-0.2, -0.15) is 4.98 Å². The van der Waals surface area contributed by atoms with Crippen LogP contribution in [0.15, 0.2) is 59.1 Å². The molecule has 2 aromatic heterocycles. The van der Waals surface area contributed by atoms with E-state index in [0.29, 0.717) is 31.1 Å². The van der Waals surface area contributed by atoms with Crippen molar-refractivity contribution >= 4 is 16.8 Å². The van der Waals surface area contributed by atoms with Gasteiger partial charge >= 0.3 is 0 Å². The van der Waals surface area contributed by atoms with Gasteiger partial charge in [0.2, 0.25) is 5.91 Å². The van der Waals surface area contributed by atoms with Crippen LogP contribution in [0.25, 0.3) is 22.5 Å². The summed E-state index contributed by atoms with van der Waals surface area (Å²) in [5.74, 6) is 1.12. The number of hydrogen-bond acceptors (Lipinski definition) is 4. The van der Waals surface area contributed by atoms with E-state index < -0.39 is 0 Å². The van der Waals surface area contributed by atoms with Crippen molar-refractivity contribution in [3.8, 4) is 11.6 Å². The minimum absolute atomic E-state index is 0.0724. The molecule has 0 aliphatic carbocycles. The van der Waals surface area contributed by atoms with Crippen molar-refractivity contribution in [2.24, 2.45) is 0 Å². The van der Waals surface area contributed by atoms with Crippen molar-refractivity contribution in [3.63, 3.8) is 0 Å². The highest BCUT2D eigenvalue weighted by molar-refractivity contribution is 5.84. The van der Waals surface area contributed by atoms with Crippen molar-refractivity contribution in [2.45, 2.75) is 19.8 Å². The number of carbonyl (C=O) groups is 1. The Hall–Kier alpha value is -3.41. The second-order valence-electron chi connectivity index (χ2n) is 7.01. The number of benzene rings is 2. The van der Waals surface area contributed by atoms with E-state index in [1.807, 2.05) is 61.5 Å². The Morgan fingerprint density at radius 1 is 1.14 bits per heavy atom. The predicted molar refractivity (Wildman–Crippen MR) is 108 cm³/mol. The topological polar surface area (TPSA) is 75.0 Å². The Balaban J connectivity index is 1.36. The van der Waals surface area contributed by atoms with E-state index in [0.717, 1.165) is 22.2 Å². The molecule has 0 unspecified atom stereocenters. The Morgan fingerprint density at radius 2 is 1.93 bits per heavy atom. The minimum Gasteiger partial charge on any atom is -0.351 e. The van der Waals surface area contributed by atoms with Crippen LogP contribution < -0.4 is 0 Å². The van der Waals surface area contributed by atoms with Gasteiger partial charge in [-0.3, -0.25) is 4.79 Å². The van der Waals surface area contributed by atoms with E-state index in [1.165, 1.54) is 5.56 Å². The van der Waals surface area contributed by atoms with Crippen molar-refractivity contribution < 1.29 is 9.32 Å². The molecule has 28 heavy (non-hydrogen) atoms. The van der Waals surface area contributed by atoms with Crippen LogP contribution in [0, 0.1) is 6.92 Å². The molecule has 0 aliphatic heterocycles. The van der Waals surface area contributed by atoms with Gasteiger partial charge in [0.1, 0.15) is 5.69 Å². The molecule has 4 aromatic rings. The Labute approximate surface area is 163 Å². The normalized spacial score (nSPS) is 11.1. The highest BCUT2D eigenvalue weighted by Crippen LogP contribution is 2.22. The molecule has 6 heteroatoms. The third kappa shape index (κ3) is 3.96. The number of para-hydroxylation sites is 1. The van der Waals surface area contributed by atoms with Crippen LogP contribution in [0.2, 0.25) is 0 Å². The molecule has 2 heterocycles. The number of carbonyl (C=O) groups excluding carboxylic acids is 1. The number of hydrogen-bond donors (Lipinski definition) is 1. The first-order chi connectivity index (χ1) is 13.6. The number of H-pyrrole nitrogens is 1. The van der Waals surface area contributed by atoms with Crippen LogP contribution in [0.4, 0.5) is 0 Å². The van der Waals surface area contributed by atoms with Gasteiger partial charge in [-0.1, -0.05) is 53.2 Å². The van der Waals surface area contributed by atoms with E-state index in [2.05, 4.69) is 15.1 Å². The summed E-state index contributed by atoms with van der Waals surface area (Å²) in [6.45, 7) is 2.57. The van der Waals surface area contributed by atoms with E-state index in [4.69, 9.17) is 4.52 Å². The summed E-state index contributed by atoms with van der Waals surface area (Å²) in [6.07, 6.45) is 0.934. The SMILES string of the molecule is Cc1ccc(CC(=O)N(C)CCc2noc(-c3cc4ccccc4[nH]3)n2)cc1. The second-order valence-corrected chi connectivity index (χ2v) is 7.01. The van der Waals surface area contributed by atoms with Crippen LogP contribution >= 0.6 is 0 Å². The molecular formula is C22H22N4O2. The van der Waals surface area contributed by atoms with Crippen molar-refractivity contribution in [1.29, 1.82) is 0 Å². The van der Waals surface area contributed by atoms with Crippen LogP contribution in [0.5, 0.6) is 0 Å². The summed E-state index contributed by atoms with van der Waals surface area (Å²) in [5.41, 5.74) is 4.03. The maximum Gasteiger partial charge on any atom is 0.274 e. The molecule has 6 nitrogen and oxygen atoms in total. The number of rotatable bonds is 6. The molecule has 0 saturated carbocycles. The van der Waals surface area contributed by atoms with Crippen molar-refractivity contribution in [2.75, 3.05) is 13.6 Å². The van der Waals surface area contributed by atoms with Gasteiger partial charge in [-0.15, -0.1) is 0 Å². The quantitative estimate of drug-likeness (QED) is 0.557. The molecule has 0 radical (unpaired) electrons. The van der Waals surface area contributed by atoms with Gasteiger partial charge in [-0.25, -0.2) is 0 Å². The Morgan fingerprint density at radius 3 is 2.71 bits per heavy atom. The molecule has 2 aromatic carbocycles. The summed E-state index contributed by atoms with van der Waals surface area (Å²) in [5, 5.41) is 5.14. The lowest BCUT2D eigenvalue weighted by atomic mass is 10.1. The minimum atomic E-state index is 0.0724. The van der Waals surface area contributed by atoms with E-state index in [-0.39, 0.29) is 5.91 Å². The smallest absolute Gasteiger partial charge is 0.274 e. The molecule has 0 fully saturated rings. The molecule has 0 atom stereocenters. The second kappa shape index (κ2) is 7.68. The number of amides is 1. The molecule has 0 spiro atoms. The number of aromatic nitrogens is 3. The van der Waals surface area contributed by atoms with Crippen LogP contribution in [-0.4, -0.2) is 39.5 Å². The van der Waals surface area contributed by atoms with E-state index in [9.17, 15) is 4.79 Å². The van der Waals surface area contributed by atoms with Gasteiger partial charge < -0.3 is 14.4 Å². The van der Waals surface area contributed by atoms with E-state index in [1.54, 1.807) is 11.9 Å². The fourth-order valence-corrected chi connectivity index (χ4v) is 3.06. The van der Waals surface area contributed by atoms with Crippen molar-refractivity contribution in [1.82, 2.24) is 20.0 Å². The van der Waals surface area contributed by atoms with Crippen LogP contribution in [-0.2, 0) is 17.6 Å². The number of aromatic amines is 1. The van der Waals surface area contributed by atoms with Crippen molar-refractivity contribution in [3.05, 3.63) is 71.5 Å². The third-order valence-corrected chi connectivity index (χ3v) is 4.80. The molecule has 1 amide bonds. The molecule has 0 bridgehead atoms. The highest BCUT2D eigenvalue weighted by Gasteiger charge is 2.14. The lowest BCUT2D eigenvalue weighted by Crippen LogP contribution is -2.30. The Kier molecular flexibility index (Phi) is 4.93. The number of nitrogens with zero attached hydrogens (tertiary/aromatic N) is 3. The lowest BCUT2D eigenvalue weighted by Gasteiger charge is -2.16. The van der Waals surface area contributed by atoms with Crippen LogP contribution in [0.3, 0.4) is 0 Å². The fourth-order valence-electron chi connectivity index (χ4n) is 3.06. The molecular weight excluding hydrogens is 352 g/mol. The highest BCUT2D eigenvalue weighted by atomic mass is 16.5. The monoisotopic (exact) mass is 374 g/mol. The number of likely N-dealkylation sites (N-methyl/N-ethyl adjacent to an activating group) is 1. The molecule has 1 N–H and O–H groups in total. The zero-order valence-corrected chi connectivity index (χ0v) is 16.0. The number of fused-ring (bicyclic) bond motifs is 1. The summed E-state index contributed by atoms with van der Waals surface area (Å²) >= 11 is 0. The third-order valence-electron chi connectivity index (χ3n) is 4.80. The van der Waals surface area contributed by atoms with Gasteiger partial charge in [0.25, 0.3) is 5.89 Å². The van der Waals surface area contributed by atoms with Gasteiger partial charge in [0.05, 0.1) is 6.42 Å². The average molecular weight is 374 g/mol. The maximum atomic E-state index is 12.4. The molecule has 0 saturated heterocycles. The summed E-state index contributed by atoms with van der Waals surface area (Å²) < 4.78 is 5.38. The average Bonchev–Trinajstić information content (AvgIpc) is 3.34. The van der Waals surface area contributed by atoms with Gasteiger partial charge in [0, 0.05) is 30.9 Å². The summed E-state index contributed by atoms with van der Waals surface area (Å²) in [6, 6.07) is 18.0. The van der Waals surface area contributed by atoms with Gasteiger partial charge in [-0.05, 0) is 24.6 Å².